The van der Waals surface area contributed by atoms with Gasteiger partial charge in [0.1, 0.15) is 11.4 Å². The van der Waals surface area contributed by atoms with Crippen molar-refractivity contribution in [1.29, 1.82) is 0 Å². The molecule has 4 bridgehead atoms. The van der Waals surface area contributed by atoms with E-state index >= 15 is 0 Å². The first-order valence-corrected chi connectivity index (χ1v) is 15.2. The van der Waals surface area contributed by atoms with Crippen LogP contribution in [0.1, 0.15) is 38.5 Å². The Morgan fingerprint density at radius 1 is 0.875 bits per heavy atom. The fourth-order valence-electron chi connectivity index (χ4n) is 7.42. The maximum atomic E-state index is 10.6. The lowest BCUT2D eigenvalue weighted by molar-refractivity contribution is -0.193. The topological polar surface area (TPSA) is 177 Å². The SMILES string of the molecule is O=C(O)C(F)(F)F.O=C(O)C(F)(F)F.Oc1cc(-c2cn[nH]c2)ccc1-c1cnc(N2CCC(NC3C4CC5CC(C4)CC3C5)C2)nn1. The lowest BCUT2D eigenvalue weighted by Crippen LogP contribution is -2.57. The van der Waals surface area contributed by atoms with E-state index < -0.39 is 24.3 Å². The Morgan fingerprint density at radius 3 is 1.96 bits per heavy atom. The van der Waals surface area contributed by atoms with Crippen molar-refractivity contribution in [2.24, 2.45) is 23.7 Å². The molecule has 5 aliphatic rings. The third-order valence-corrected chi connectivity index (χ3v) is 9.27. The Labute approximate surface area is 269 Å². The number of hydrogen-bond acceptors (Lipinski definition) is 9. The molecule has 1 saturated heterocycles. The average molecular weight is 686 g/mol. The molecule has 260 valence electrons. The van der Waals surface area contributed by atoms with Crippen LogP contribution in [-0.2, 0) is 9.59 Å². The van der Waals surface area contributed by atoms with Gasteiger partial charge in [-0.15, -0.1) is 10.2 Å². The van der Waals surface area contributed by atoms with Crippen LogP contribution in [0, 0.1) is 23.7 Å². The smallest absolute Gasteiger partial charge is 0.490 e. The summed E-state index contributed by atoms with van der Waals surface area (Å²) in [6.45, 7) is 1.89. The molecule has 8 rings (SSSR count). The molecular weight excluding hydrogens is 652 g/mol. The number of aromatic nitrogens is 5. The van der Waals surface area contributed by atoms with E-state index in [4.69, 9.17) is 19.8 Å². The van der Waals surface area contributed by atoms with Crippen LogP contribution in [0.5, 0.6) is 5.75 Å². The third kappa shape index (κ3) is 8.32. The summed E-state index contributed by atoms with van der Waals surface area (Å²) in [5.74, 6) is -0.860. The number of nitrogens with one attached hydrogen (secondary N) is 2. The zero-order chi connectivity index (χ0) is 34.8. The van der Waals surface area contributed by atoms with Crippen molar-refractivity contribution >= 4 is 17.9 Å². The second kappa shape index (κ2) is 13.9. The Kier molecular flexibility index (Phi) is 10.1. The van der Waals surface area contributed by atoms with E-state index in [2.05, 4.69) is 35.6 Å². The molecule has 0 amide bonds. The van der Waals surface area contributed by atoms with Gasteiger partial charge in [-0.2, -0.15) is 31.4 Å². The molecule has 1 atom stereocenters. The molecule has 1 unspecified atom stereocenters. The van der Waals surface area contributed by atoms with Gasteiger partial charge >= 0.3 is 24.3 Å². The van der Waals surface area contributed by atoms with E-state index in [-0.39, 0.29) is 5.75 Å². The lowest BCUT2D eigenvalue weighted by Gasteiger charge is -2.55. The van der Waals surface area contributed by atoms with Gasteiger partial charge in [0, 0.05) is 42.5 Å². The van der Waals surface area contributed by atoms with Crippen molar-refractivity contribution in [3.05, 3.63) is 36.8 Å². The first-order valence-electron chi connectivity index (χ1n) is 15.2. The van der Waals surface area contributed by atoms with Crippen molar-refractivity contribution < 1.29 is 51.3 Å². The number of carboxylic acid groups (broad SMARTS) is 2. The fraction of sp³-hybridized carbons (Fsp3) is 0.533. The number of benzene rings is 1. The minimum atomic E-state index is -5.08. The Bertz CT molecular complexity index is 1520. The number of aromatic hydroxyl groups is 1. The molecule has 0 radical (unpaired) electrons. The largest absolute Gasteiger partial charge is 0.507 e. The number of hydrogen-bond donors (Lipinski definition) is 5. The number of alkyl halides is 6. The van der Waals surface area contributed by atoms with Crippen LogP contribution in [0.25, 0.3) is 22.4 Å². The van der Waals surface area contributed by atoms with Crippen LogP contribution in [0.15, 0.2) is 36.8 Å². The number of rotatable bonds is 5. The summed E-state index contributed by atoms with van der Waals surface area (Å²) < 4.78 is 63.5. The van der Waals surface area contributed by atoms with Gasteiger partial charge < -0.3 is 25.5 Å². The molecule has 1 aromatic carbocycles. The summed E-state index contributed by atoms with van der Waals surface area (Å²) in [7, 11) is 0. The highest BCUT2D eigenvalue weighted by Gasteiger charge is 2.49. The number of carbonyl (C=O) groups is 2. The van der Waals surface area contributed by atoms with Gasteiger partial charge in [0.2, 0.25) is 5.95 Å². The van der Waals surface area contributed by atoms with Gasteiger partial charge in [0.25, 0.3) is 0 Å². The van der Waals surface area contributed by atoms with Crippen LogP contribution >= 0.6 is 0 Å². The van der Waals surface area contributed by atoms with E-state index in [1.165, 1.54) is 32.1 Å². The maximum Gasteiger partial charge on any atom is 0.490 e. The second-order valence-electron chi connectivity index (χ2n) is 12.5. The van der Waals surface area contributed by atoms with Gasteiger partial charge in [0.05, 0.1) is 12.4 Å². The monoisotopic (exact) mass is 685 g/mol. The van der Waals surface area contributed by atoms with Crippen LogP contribution in [0.3, 0.4) is 0 Å². The number of carboxylic acids is 2. The van der Waals surface area contributed by atoms with Crippen molar-refractivity contribution in [2.45, 2.75) is 63.0 Å². The average Bonchev–Trinajstić information content (AvgIpc) is 3.72. The van der Waals surface area contributed by atoms with Crippen molar-refractivity contribution in [3.8, 4) is 28.1 Å². The van der Waals surface area contributed by atoms with Crippen LogP contribution in [0.4, 0.5) is 32.3 Å². The number of nitrogens with zero attached hydrogens (tertiary/aromatic N) is 5. The van der Waals surface area contributed by atoms with E-state index in [0.29, 0.717) is 29.3 Å². The number of halogens is 6. The maximum absolute atomic E-state index is 10.6. The predicted octanol–water partition coefficient (Wildman–Crippen LogP) is 4.89. The number of anilines is 1. The molecule has 5 fully saturated rings. The molecule has 3 heterocycles. The molecule has 2 aromatic heterocycles. The molecule has 0 spiro atoms. The highest BCUT2D eigenvalue weighted by Crippen LogP contribution is 2.54. The zero-order valence-electron chi connectivity index (χ0n) is 25.2. The Morgan fingerprint density at radius 2 is 1.48 bits per heavy atom. The molecule has 4 aliphatic carbocycles. The molecular formula is C30H33F6N7O5. The first kappa shape index (κ1) is 34.8. The van der Waals surface area contributed by atoms with Crippen molar-refractivity contribution in [2.75, 3.05) is 18.0 Å². The van der Waals surface area contributed by atoms with Gasteiger partial charge in [-0.05, 0) is 79.9 Å². The van der Waals surface area contributed by atoms with Gasteiger partial charge in [0.15, 0.2) is 0 Å². The molecule has 4 saturated carbocycles. The zero-order valence-corrected chi connectivity index (χ0v) is 25.2. The van der Waals surface area contributed by atoms with E-state index in [0.717, 1.165) is 54.3 Å². The Hall–Kier alpha value is -4.48. The summed E-state index contributed by atoms with van der Waals surface area (Å²) in [5, 5.41) is 44.4. The van der Waals surface area contributed by atoms with E-state index in [1.54, 1.807) is 24.7 Å². The number of phenolic OH excluding ortho intramolecular Hbond substituents is 1. The third-order valence-electron chi connectivity index (χ3n) is 9.27. The van der Waals surface area contributed by atoms with E-state index in [1.807, 2.05) is 12.1 Å². The number of aromatic amines is 1. The number of aliphatic carboxylic acids is 2. The normalized spacial score (nSPS) is 25.9. The standard InChI is InChI=1S/C26H31N7O.2C2HF3O2/c34-24-10-17(20-11-28-29-12-20)1-2-22(24)23-13-27-26(32-31-23)33-4-3-21(14-33)30-25-18-6-15-5-16(8-18)9-19(25)7-15;2*3-2(4,5)1(6)7/h1-2,10-13,15-16,18-19,21,25,30,34H,3-9,14H2,(H,28,29);2*(H,6,7). The molecule has 12 nitrogen and oxygen atoms in total. The van der Waals surface area contributed by atoms with Crippen molar-refractivity contribution in [3.63, 3.8) is 0 Å². The molecule has 48 heavy (non-hydrogen) atoms. The van der Waals surface area contributed by atoms with E-state index in [9.17, 15) is 31.4 Å². The summed E-state index contributed by atoms with van der Waals surface area (Å²) in [6, 6.07) is 6.73. The van der Waals surface area contributed by atoms with Crippen LogP contribution in [-0.4, -0.2) is 90.2 Å². The number of phenols is 1. The van der Waals surface area contributed by atoms with Gasteiger partial charge in [-0.3, -0.25) is 5.10 Å². The molecule has 3 aromatic rings. The fourth-order valence-corrected chi connectivity index (χ4v) is 7.42. The van der Waals surface area contributed by atoms with Crippen LogP contribution in [0.2, 0.25) is 0 Å². The molecule has 18 heteroatoms. The van der Waals surface area contributed by atoms with Crippen molar-refractivity contribution in [1.82, 2.24) is 30.7 Å². The Balaban J connectivity index is 0.000000273. The quantitative estimate of drug-likeness (QED) is 0.231. The summed E-state index contributed by atoms with van der Waals surface area (Å²) in [6.07, 6.45) is 3.51. The predicted molar refractivity (Wildman–Crippen MR) is 156 cm³/mol. The minimum Gasteiger partial charge on any atom is -0.507 e. The first-order chi connectivity index (χ1) is 22.6. The number of H-pyrrole nitrogens is 1. The van der Waals surface area contributed by atoms with Crippen LogP contribution < -0.4 is 10.2 Å². The molecule has 1 aliphatic heterocycles. The highest BCUT2D eigenvalue weighted by atomic mass is 19.4. The summed E-state index contributed by atoms with van der Waals surface area (Å²) >= 11 is 0. The minimum absolute atomic E-state index is 0.156. The molecule has 5 N–H and O–H groups in total. The van der Waals surface area contributed by atoms with Gasteiger partial charge in [-0.1, -0.05) is 6.07 Å². The summed E-state index contributed by atoms with van der Waals surface area (Å²) in [5.41, 5.74) is 3.01. The van der Waals surface area contributed by atoms with Gasteiger partial charge in [-0.25, -0.2) is 14.6 Å². The highest BCUT2D eigenvalue weighted by molar-refractivity contribution is 5.74. The summed E-state index contributed by atoms with van der Waals surface area (Å²) in [4.78, 5) is 24.6. The second-order valence-corrected chi connectivity index (χ2v) is 12.5. The lowest BCUT2D eigenvalue weighted by atomic mass is 9.54.